The molecule has 0 aliphatic heterocycles. The fraction of sp³-hybridized carbons (Fsp3) is 0.300. The fourth-order valence-electron chi connectivity index (χ4n) is 1.05. The van der Waals surface area contributed by atoms with Gasteiger partial charge in [-0.2, -0.15) is 0 Å². The highest BCUT2D eigenvalue weighted by molar-refractivity contribution is 5.67. The molecule has 0 aromatic heterocycles. The molecule has 2 heteroatoms. The van der Waals surface area contributed by atoms with Gasteiger partial charge in [-0.1, -0.05) is 18.2 Å². The van der Waals surface area contributed by atoms with Gasteiger partial charge in [-0.05, 0) is 19.9 Å². The molecule has 0 radical (unpaired) electrons. The predicted molar refractivity (Wildman–Crippen MR) is 45.5 cm³/mol. The van der Waals surface area contributed by atoms with Crippen molar-refractivity contribution in [2.75, 3.05) is 0 Å². The van der Waals surface area contributed by atoms with Crippen LogP contribution in [0, 0.1) is 5.82 Å². The lowest BCUT2D eigenvalue weighted by Crippen LogP contribution is -2.20. The molecule has 0 atom stereocenters. The predicted octanol–water partition coefficient (Wildman–Crippen LogP) is 2.30. The van der Waals surface area contributed by atoms with E-state index in [0.29, 0.717) is 5.56 Å². The summed E-state index contributed by atoms with van der Waals surface area (Å²) >= 11 is 0. The number of hydrogen-bond donors (Lipinski definition) is 0. The Morgan fingerprint density at radius 2 is 1.92 bits per heavy atom. The van der Waals surface area contributed by atoms with E-state index in [2.05, 4.69) is 0 Å². The van der Waals surface area contributed by atoms with E-state index in [4.69, 9.17) is 0 Å². The van der Waals surface area contributed by atoms with E-state index in [0.717, 1.165) is 6.29 Å². The van der Waals surface area contributed by atoms with Crippen LogP contribution >= 0.6 is 0 Å². The molecule has 0 amide bonds. The van der Waals surface area contributed by atoms with Gasteiger partial charge in [0.1, 0.15) is 12.1 Å². The van der Waals surface area contributed by atoms with E-state index in [-0.39, 0.29) is 5.82 Å². The number of carbonyl (C=O) groups excluding carboxylic acids is 1. The monoisotopic (exact) mass is 166 g/mol. The van der Waals surface area contributed by atoms with Gasteiger partial charge in [0, 0.05) is 11.0 Å². The summed E-state index contributed by atoms with van der Waals surface area (Å²) in [6, 6.07) is 6.33. The molecule has 0 saturated carbocycles. The van der Waals surface area contributed by atoms with E-state index in [1.807, 2.05) is 0 Å². The highest BCUT2D eigenvalue weighted by Gasteiger charge is 2.22. The molecule has 1 rings (SSSR count). The lowest BCUT2D eigenvalue weighted by Gasteiger charge is -2.17. The van der Waals surface area contributed by atoms with E-state index < -0.39 is 5.41 Å². The van der Waals surface area contributed by atoms with Crippen LogP contribution in [0.2, 0.25) is 0 Å². The van der Waals surface area contributed by atoms with Gasteiger partial charge in [-0.15, -0.1) is 0 Å². The molecule has 64 valence electrons. The van der Waals surface area contributed by atoms with Crippen LogP contribution in [0.4, 0.5) is 4.39 Å². The van der Waals surface area contributed by atoms with Crippen molar-refractivity contribution in [3.8, 4) is 0 Å². The number of aldehydes is 1. The van der Waals surface area contributed by atoms with Crippen molar-refractivity contribution in [2.45, 2.75) is 19.3 Å². The van der Waals surface area contributed by atoms with E-state index >= 15 is 0 Å². The quantitative estimate of drug-likeness (QED) is 0.616. The highest BCUT2D eigenvalue weighted by Crippen LogP contribution is 2.22. The molecule has 0 bridgehead atoms. The first-order valence-corrected chi connectivity index (χ1v) is 3.79. The zero-order chi connectivity index (χ0) is 9.19. The number of benzene rings is 1. The molecule has 0 aliphatic rings. The largest absolute Gasteiger partial charge is 0.302 e. The van der Waals surface area contributed by atoms with Gasteiger partial charge in [0.25, 0.3) is 0 Å². The molecule has 1 nitrogen and oxygen atoms in total. The van der Waals surface area contributed by atoms with Crippen LogP contribution in [0.15, 0.2) is 24.3 Å². The van der Waals surface area contributed by atoms with Crippen molar-refractivity contribution in [3.63, 3.8) is 0 Å². The van der Waals surface area contributed by atoms with Crippen molar-refractivity contribution in [2.24, 2.45) is 0 Å². The summed E-state index contributed by atoms with van der Waals surface area (Å²) in [7, 11) is 0. The lowest BCUT2D eigenvalue weighted by molar-refractivity contribution is -0.111. The lowest BCUT2D eigenvalue weighted by atomic mass is 9.86. The first kappa shape index (κ1) is 8.91. The van der Waals surface area contributed by atoms with Gasteiger partial charge in [-0.3, -0.25) is 0 Å². The topological polar surface area (TPSA) is 17.1 Å². The van der Waals surface area contributed by atoms with Crippen molar-refractivity contribution in [3.05, 3.63) is 35.6 Å². The zero-order valence-corrected chi connectivity index (χ0v) is 7.17. The van der Waals surface area contributed by atoms with Crippen LogP contribution < -0.4 is 0 Å². The SMILES string of the molecule is CC(C)(C=O)c1ccccc1F. The Morgan fingerprint density at radius 3 is 2.42 bits per heavy atom. The Kier molecular flexibility index (Phi) is 2.27. The molecular weight excluding hydrogens is 155 g/mol. The number of carbonyl (C=O) groups is 1. The fourth-order valence-corrected chi connectivity index (χ4v) is 1.05. The standard InChI is InChI=1S/C10H11FO/c1-10(2,7-12)8-5-3-4-6-9(8)11/h3-7H,1-2H3. The molecule has 0 N–H and O–H groups in total. The summed E-state index contributed by atoms with van der Waals surface area (Å²) in [6.45, 7) is 3.39. The minimum atomic E-state index is -0.731. The Labute approximate surface area is 71.2 Å². The van der Waals surface area contributed by atoms with Gasteiger partial charge >= 0.3 is 0 Å². The molecule has 12 heavy (non-hydrogen) atoms. The first-order chi connectivity index (χ1) is 5.58. The van der Waals surface area contributed by atoms with Gasteiger partial charge in [0.05, 0.1) is 0 Å². The Bertz CT molecular complexity index is 292. The molecule has 0 spiro atoms. The van der Waals surface area contributed by atoms with Crippen LogP contribution in [0.5, 0.6) is 0 Å². The van der Waals surface area contributed by atoms with Crippen molar-refractivity contribution in [1.29, 1.82) is 0 Å². The number of halogens is 1. The van der Waals surface area contributed by atoms with Crippen molar-refractivity contribution >= 4 is 6.29 Å². The molecule has 1 aromatic rings. The zero-order valence-electron chi connectivity index (χ0n) is 7.17. The third-order valence-electron chi connectivity index (χ3n) is 1.86. The van der Waals surface area contributed by atoms with Crippen molar-refractivity contribution in [1.82, 2.24) is 0 Å². The van der Waals surface area contributed by atoms with E-state index in [1.165, 1.54) is 6.07 Å². The maximum absolute atomic E-state index is 13.1. The third-order valence-corrected chi connectivity index (χ3v) is 1.86. The molecule has 0 unspecified atom stereocenters. The third kappa shape index (κ3) is 1.52. The van der Waals surface area contributed by atoms with Gasteiger partial charge in [-0.25, -0.2) is 4.39 Å². The molecule has 0 saturated heterocycles. The van der Waals surface area contributed by atoms with Gasteiger partial charge < -0.3 is 4.79 Å². The molecule has 0 fully saturated rings. The molecule has 0 heterocycles. The second kappa shape index (κ2) is 3.05. The summed E-state index contributed by atoms with van der Waals surface area (Å²) in [5.41, 5.74) is -0.286. The van der Waals surface area contributed by atoms with Crippen LogP contribution in [0.1, 0.15) is 19.4 Å². The minimum absolute atomic E-state index is 0.324. The van der Waals surface area contributed by atoms with Crippen molar-refractivity contribution < 1.29 is 9.18 Å². The van der Waals surface area contributed by atoms with Crippen LogP contribution in [0.3, 0.4) is 0 Å². The second-order valence-corrected chi connectivity index (χ2v) is 3.32. The first-order valence-electron chi connectivity index (χ1n) is 3.79. The van der Waals surface area contributed by atoms with Gasteiger partial charge in [0.15, 0.2) is 0 Å². The van der Waals surface area contributed by atoms with Crippen LogP contribution in [0.25, 0.3) is 0 Å². The van der Waals surface area contributed by atoms with Gasteiger partial charge in [0.2, 0.25) is 0 Å². The maximum atomic E-state index is 13.1. The minimum Gasteiger partial charge on any atom is -0.302 e. The van der Waals surface area contributed by atoms with E-state index in [9.17, 15) is 9.18 Å². The summed E-state index contributed by atoms with van der Waals surface area (Å²) in [4.78, 5) is 10.6. The summed E-state index contributed by atoms with van der Waals surface area (Å²) < 4.78 is 13.1. The Hall–Kier alpha value is -1.18. The summed E-state index contributed by atoms with van der Waals surface area (Å²) in [6.07, 6.45) is 0.755. The maximum Gasteiger partial charge on any atom is 0.130 e. The van der Waals surface area contributed by atoms with Crippen LogP contribution in [-0.4, -0.2) is 6.29 Å². The summed E-state index contributed by atoms with van der Waals surface area (Å²) in [5.74, 6) is -0.324. The molecular formula is C10H11FO. The van der Waals surface area contributed by atoms with Crippen LogP contribution in [-0.2, 0) is 10.2 Å². The second-order valence-electron chi connectivity index (χ2n) is 3.32. The normalized spacial score (nSPS) is 11.2. The number of hydrogen-bond acceptors (Lipinski definition) is 1. The molecule has 0 aliphatic carbocycles. The number of rotatable bonds is 2. The average Bonchev–Trinajstić information content (AvgIpc) is 2.05. The Morgan fingerprint density at radius 1 is 1.33 bits per heavy atom. The Balaban J connectivity index is 3.19. The highest BCUT2D eigenvalue weighted by atomic mass is 19.1. The average molecular weight is 166 g/mol. The summed E-state index contributed by atoms with van der Waals surface area (Å²) in [5, 5.41) is 0. The molecule has 1 aromatic carbocycles. The van der Waals surface area contributed by atoms with E-state index in [1.54, 1.807) is 32.0 Å². The smallest absolute Gasteiger partial charge is 0.130 e.